The van der Waals surface area contributed by atoms with Gasteiger partial charge in [0.1, 0.15) is 11.5 Å². The van der Waals surface area contributed by atoms with Crippen molar-refractivity contribution in [3.63, 3.8) is 0 Å². The predicted molar refractivity (Wildman–Crippen MR) is 137 cm³/mol. The Morgan fingerprint density at radius 3 is 2.57 bits per heavy atom. The number of carbonyl (C=O) groups excluding carboxylic acids is 2. The summed E-state index contributed by atoms with van der Waals surface area (Å²) in [6.07, 6.45) is 3.20. The summed E-state index contributed by atoms with van der Waals surface area (Å²) in [5.41, 5.74) is 3.24. The molecule has 1 aromatic heterocycles. The molecule has 4 rings (SSSR count). The molecular weight excluding hydrogens is 464 g/mol. The molecule has 6 nitrogen and oxygen atoms in total. The number of pyridine rings is 1. The smallest absolute Gasteiger partial charge is 0.300 e. The summed E-state index contributed by atoms with van der Waals surface area (Å²) in [7, 11) is 0. The van der Waals surface area contributed by atoms with E-state index in [1.807, 2.05) is 33.8 Å². The summed E-state index contributed by atoms with van der Waals surface area (Å²) in [6, 6.07) is 13.1. The fourth-order valence-electron chi connectivity index (χ4n) is 4.27. The van der Waals surface area contributed by atoms with Crippen molar-refractivity contribution in [1.29, 1.82) is 0 Å². The molecule has 1 fully saturated rings. The zero-order valence-electron chi connectivity index (χ0n) is 20.1. The molecule has 1 aliphatic rings. The number of nitrogens with zero attached hydrogens (tertiary/aromatic N) is 2. The van der Waals surface area contributed by atoms with Crippen molar-refractivity contribution in [2.24, 2.45) is 0 Å². The van der Waals surface area contributed by atoms with Gasteiger partial charge in [0.25, 0.3) is 11.7 Å². The average Bonchev–Trinajstić information content (AvgIpc) is 3.11. The second kappa shape index (κ2) is 9.92. The molecule has 0 aliphatic carbocycles. The van der Waals surface area contributed by atoms with Crippen LogP contribution in [0.15, 0.2) is 66.5 Å². The van der Waals surface area contributed by atoms with Gasteiger partial charge in [-0.05, 0) is 72.9 Å². The van der Waals surface area contributed by atoms with Crippen molar-refractivity contribution in [1.82, 2.24) is 4.98 Å². The van der Waals surface area contributed by atoms with Crippen LogP contribution >= 0.6 is 11.6 Å². The lowest BCUT2D eigenvalue weighted by Crippen LogP contribution is -2.29. The number of aryl methyl sites for hydroxylation is 1. The predicted octanol–water partition coefficient (Wildman–Crippen LogP) is 6.19. The Balaban J connectivity index is 1.92. The number of aliphatic hydroxyl groups excluding tert-OH is 1. The van der Waals surface area contributed by atoms with Gasteiger partial charge >= 0.3 is 0 Å². The van der Waals surface area contributed by atoms with Crippen LogP contribution in [0.1, 0.15) is 55.0 Å². The second-order valence-electron chi connectivity index (χ2n) is 8.73. The highest BCUT2D eigenvalue weighted by Crippen LogP contribution is 2.43. The van der Waals surface area contributed by atoms with Gasteiger partial charge in [-0.1, -0.05) is 37.6 Å². The fourth-order valence-corrected chi connectivity index (χ4v) is 4.45. The van der Waals surface area contributed by atoms with Crippen LogP contribution in [-0.2, 0) is 9.59 Å². The molecule has 1 unspecified atom stereocenters. The molecule has 1 amide bonds. The molecule has 180 valence electrons. The van der Waals surface area contributed by atoms with Gasteiger partial charge in [0.2, 0.25) is 0 Å². The minimum absolute atomic E-state index is 0.00133. The van der Waals surface area contributed by atoms with E-state index in [0.29, 0.717) is 28.4 Å². The van der Waals surface area contributed by atoms with Crippen LogP contribution in [0.3, 0.4) is 0 Å². The largest absolute Gasteiger partial charge is 0.507 e. The van der Waals surface area contributed by atoms with E-state index in [1.54, 1.807) is 54.9 Å². The van der Waals surface area contributed by atoms with E-state index in [9.17, 15) is 14.7 Å². The Morgan fingerprint density at radius 1 is 1.17 bits per heavy atom. The van der Waals surface area contributed by atoms with E-state index >= 15 is 0 Å². The van der Waals surface area contributed by atoms with Crippen molar-refractivity contribution >= 4 is 34.7 Å². The first-order valence-corrected chi connectivity index (χ1v) is 11.9. The van der Waals surface area contributed by atoms with E-state index in [2.05, 4.69) is 4.98 Å². The molecule has 3 aromatic rings. The molecule has 2 aromatic carbocycles. The standard InChI is InChI=1S/C28H27ClN2O4/c1-5-35-23-11-9-18(13-21(23)16(2)3)26(32)24-25(19-7-6-12-30-15-19)31(28(34)27(24)33)20-10-8-17(4)22(29)14-20/h6-16,25,32H,5H2,1-4H3/b26-24-. The highest BCUT2D eigenvalue weighted by Gasteiger charge is 2.47. The zero-order chi connectivity index (χ0) is 25.3. The van der Waals surface area contributed by atoms with Crippen LogP contribution in [0, 0.1) is 6.92 Å². The number of benzene rings is 2. The molecular formula is C28H27ClN2O4. The van der Waals surface area contributed by atoms with E-state index < -0.39 is 17.7 Å². The third-order valence-electron chi connectivity index (χ3n) is 6.08. The van der Waals surface area contributed by atoms with E-state index in [-0.39, 0.29) is 17.3 Å². The Bertz CT molecular complexity index is 1320. The summed E-state index contributed by atoms with van der Waals surface area (Å²) in [4.78, 5) is 32.2. The van der Waals surface area contributed by atoms with Crippen LogP contribution in [-0.4, -0.2) is 28.4 Å². The van der Waals surface area contributed by atoms with Crippen LogP contribution < -0.4 is 9.64 Å². The van der Waals surface area contributed by atoms with Crippen molar-refractivity contribution in [2.75, 3.05) is 11.5 Å². The summed E-state index contributed by atoms with van der Waals surface area (Å²) in [6.45, 7) is 8.33. The number of ether oxygens (including phenoxy) is 1. The van der Waals surface area contributed by atoms with Gasteiger partial charge in [0.15, 0.2) is 0 Å². The minimum Gasteiger partial charge on any atom is -0.507 e. The molecule has 0 radical (unpaired) electrons. The summed E-state index contributed by atoms with van der Waals surface area (Å²) < 4.78 is 5.74. The number of rotatable bonds is 6. The normalized spacial score (nSPS) is 17.3. The highest BCUT2D eigenvalue weighted by molar-refractivity contribution is 6.51. The average molecular weight is 491 g/mol. The SMILES string of the molecule is CCOc1ccc(/C(O)=C2/C(=O)C(=O)N(c3ccc(C)c(Cl)c3)C2c2cccnc2)cc1C(C)C. The van der Waals surface area contributed by atoms with Crippen molar-refractivity contribution in [3.8, 4) is 5.75 Å². The van der Waals surface area contributed by atoms with Gasteiger partial charge in [-0.2, -0.15) is 0 Å². The fraction of sp³-hybridized carbons (Fsp3) is 0.250. The van der Waals surface area contributed by atoms with Crippen molar-refractivity contribution < 1.29 is 19.4 Å². The third-order valence-corrected chi connectivity index (χ3v) is 6.49. The number of Topliss-reactive ketones (excluding diaryl/α,β-unsaturated/α-hetero) is 1. The monoisotopic (exact) mass is 490 g/mol. The van der Waals surface area contributed by atoms with Gasteiger partial charge < -0.3 is 9.84 Å². The molecule has 7 heteroatoms. The number of anilines is 1. The van der Waals surface area contributed by atoms with Gasteiger partial charge in [0.05, 0.1) is 18.2 Å². The van der Waals surface area contributed by atoms with Gasteiger partial charge in [-0.15, -0.1) is 0 Å². The van der Waals surface area contributed by atoms with Crippen LogP contribution in [0.5, 0.6) is 5.75 Å². The maximum atomic E-state index is 13.3. The van der Waals surface area contributed by atoms with Crippen LogP contribution in [0.25, 0.3) is 5.76 Å². The molecule has 0 saturated carbocycles. The van der Waals surface area contributed by atoms with E-state index in [4.69, 9.17) is 16.3 Å². The van der Waals surface area contributed by atoms with Crippen molar-refractivity contribution in [2.45, 2.75) is 39.7 Å². The Labute approximate surface area is 209 Å². The minimum atomic E-state index is -0.864. The quantitative estimate of drug-likeness (QED) is 0.253. The highest BCUT2D eigenvalue weighted by atomic mass is 35.5. The number of aromatic nitrogens is 1. The molecule has 1 N–H and O–H groups in total. The first kappa shape index (κ1) is 24.5. The number of halogens is 1. The molecule has 2 heterocycles. The number of aliphatic hydroxyl groups is 1. The summed E-state index contributed by atoms with van der Waals surface area (Å²) in [5, 5.41) is 11.9. The number of hydrogen-bond acceptors (Lipinski definition) is 5. The first-order chi connectivity index (χ1) is 16.7. The summed E-state index contributed by atoms with van der Waals surface area (Å²) >= 11 is 6.34. The zero-order valence-corrected chi connectivity index (χ0v) is 20.8. The van der Waals surface area contributed by atoms with E-state index in [1.165, 1.54) is 4.90 Å². The second-order valence-corrected chi connectivity index (χ2v) is 9.14. The number of amides is 1. The topological polar surface area (TPSA) is 79.7 Å². The molecule has 0 spiro atoms. The van der Waals surface area contributed by atoms with Crippen molar-refractivity contribution in [3.05, 3.63) is 93.8 Å². The lowest BCUT2D eigenvalue weighted by molar-refractivity contribution is -0.132. The van der Waals surface area contributed by atoms with Gasteiger partial charge in [-0.25, -0.2) is 0 Å². The third kappa shape index (κ3) is 4.54. The molecule has 1 atom stereocenters. The van der Waals surface area contributed by atoms with Crippen LogP contribution in [0.2, 0.25) is 5.02 Å². The Hall–Kier alpha value is -3.64. The Morgan fingerprint density at radius 2 is 1.94 bits per heavy atom. The number of carbonyl (C=O) groups is 2. The molecule has 1 aliphatic heterocycles. The Kier molecular flexibility index (Phi) is 6.94. The molecule has 0 bridgehead atoms. The maximum Gasteiger partial charge on any atom is 0.300 e. The molecule has 35 heavy (non-hydrogen) atoms. The summed E-state index contributed by atoms with van der Waals surface area (Å²) in [5.74, 6) is -0.917. The number of ketones is 1. The first-order valence-electron chi connectivity index (χ1n) is 11.5. The number of hydrogen-bond donors (Lipinski definition) is 1. The van der Waals surface area contributed by atoms with Gasteiger partial charge in [0, 0.05) is 28.7 Å². The lowest BCUT2D eigenvalue weighted by Gasteiger charge is -2.25. The molecule has 1 saturated heterocycles. The van der Waals surface area contributed by atoms with Gasteiger partial charge in [-0.3, -0.25) is 19.5 Å². The van der Waals surface area contributed by atoms with Crippen LogP contribution in [0.4, 0.5) is 5.69 Å². The van der Waals surface area contributed by atoms with E-state index in [0.717, 1.165) is 16.9 Å². The lowest BCUT2D eigenvalue weighted by atomic mass is 9.93. The maximum absolute atomic E-state index is 13.3.